The van der Waals surface area contributed by atoms with Gasteiger partial charge in [-0.25, -0.2) is 4.98 Å². The average Bonchev–Trinajstić information content (AvgIpc) is 3.61. The van der Waals surface area contributed by atoms with Crippen molar-refractivity contribution in [1.29, 1.82) is 0 Å². The van der Waals surface area contributed by atoms with E-state index in [1.165, 1.54) is 11.1 Å². The first kappa shape index (κ1) is 22.2. The van der Waals surface area contributed by atoms with E-state index in [0.717, 1.165) is 46.4 Å². The summed E-state index contributed by atoms with van der Waals surface area (Å²) in [5.74, 6) is 1.39. The summed E-state index contributed by atoms with van der Waals surface area (Å²) in [6, 6.07) is 22.1. The van der Waals surface area contributed by atoms with E-state index >= 15 is 0 Å². The standard InChI is InChI=1S/C28H27N7O/c1-35(2)16-25-30-27(34-32-25)20-10-11-24-23(15-20)26(33-31-24)19-8-5-9-21(12-19)28(36)29-22-13-17-6-3-4-7-18(17)14-22/h3-12,15,22H,13-14,16H2,1-2H3,(H,29,36)(H,31,33)(H,30,32,34). The first-order valence-corrected chi connectivity index (χ1v) is 12.1. The SMILES string of the molecule is CN(C)Cc1nc(-c2ccc3[nH]nc(-c4cccc(C(=O)NC5Cc6ccccc6C5)c4)c3c2)n[nH]1. The van der Waals surface area contributed by atoms with Crippen molar-refractivity contribution in [2.45, 2.75) is 25.4 Å². The van der Waals surface area contributed by atoms with Crippen LogP contribution in [0.3, 0.4) is 0 Å². The molecule has 0 spiro atoms. The zero-order chi connectivity index (χ0) is 24.6. The Labute approximate surface area is 208 Å². The van der Waals surface area contributed by atoms with Crippen LogP contribution in [0.2, 0.25) is 0 Å². The predicted octanol–water partition coefficient (Wildman–Crippen LogP) is 3.97. The molecule has 3 aromatic carbocycles. The first-order chi connectivity index (χ1) is 17.5. The van der Waals surface area contributed by atoms with E-state index in [9.17, 15) is 4.79 Å². The van der Waals surface area contributed by atoms with Crippen molar-refractivity contribution >= 4 is 16.8 Å². The molecule has 6 rings (SSSR count). The fourth-order valence-corrected chi connectivity index (χ4v) is 4.91. The Bertz CT molecular complexity index is 1540. The minimum atomic E-state index is -0.0654. The van der Waals surface area contributed by atoms with Crippen LogP contribution in [0.15, 0.2) is 66.7 Å². The van der Waals surface area contributed by atoms with Gasteiger partial charge in [-0.1, -0.05) is 36.4 Å². The summed E-state index contributed by atoms with van der Waals surface area (Å²) in [4.78, 5) is 19.8. The van der Waals surface area contributed by atoms with Crippen molar-refractivity contribution in [3.8, 4) is 22.6 Å². The van der Waals surface area contributed by atoms with Crippen LogP contribution < -0.4 is 5.32 Å². The van der Waals surface area contributed by atoms with Crippen LogP contribution >= 0.6 is 0 Å². The van der Waals surface area contributed by atoms with Crippen LogP contribution in [0.25, 0.3) is 33.5 Å². The van der Waals surface area contributed by atoms with Gasteiger partial charge in [-0.15, -0.1) is 0 Å². The summed E-state index contributed by atoms with van der Waals surface area (Å²) < 4.78 is 0. The Morgan fingerprint density at radius 1 is 0.944 bits per heavy atom. The van der Waals surface area contributed by atoms with Gasteiger partial charge in [-0.05, 0) is 68.4 Å². The predicted molar refractivity (Wildman–Crippen MR) is 139 cm³/mol. The van der Waals surface area contributed by atoms with Gasteiger partial charge in [0.05, 0.1) is 17.8 Å². The van der Waals surface area contributed by atoms with Gasteiger partial charge < -0.3 is 10.2 Å². The van der Waals surface area contributed by atoms with Crippen LogP contribution in [0.5, 0.6) is 0 Å². The molecule has 0 bridgehead atoms. The zero-order valence-corrected chi connectivity index (χ0v) is 20.2. The number of rotatable bonds is 6. The molecule has 8 nitrogen and oxygen atoms in total. The molecule has 5 aromatic rings. The van der Waals surface area contributed by atoms with E-state index in [0.29, 0.717) is 17.9 Å². The highest BCUT2D eigenvalue weighted by molar-refractivity contribution is 5.99. The van der Waals surface area contributed by atoms with Crippen LogP contribution in [0, 0.1) is 0 Å². The van der Waals surface area contributed by atoms with Crippen molar-refractivity contribution in [3.63, 3.8) is 0 Å². The number of nitrogens with zero attached hydrogens (tertiary/aromatic N) is 4. The molecule has 0 saturated carbocycles. The summed E-state index contributed by atoms with van der Waals surface area (Å²) in [5.41, 5.74) is 6.74. The van der Waals surface area contributed by atoms with Crippen molar-refractivity contribution in [2.75, 3.05) is 14.1 Å². The monoisotopic (exact) mass is 477 g/mol. The van der Waals surface area contributed by atoms with Gasteiger partial charge in [0.1, 0.15) is 5.82 Å². The molecular formula is C28H27N7O. The number of hydrogen-bond donors (Lipinski definition) is 3. The molecule has 36 heavy (non-hydrogen) atoms. The Hall–Kier alpha value is -4.30. The molecular weight excluding hydrogens is 450 g/mol. The normalized spacial score (nSPS) is 13.4. The Morgan fingerprint density at radius 2 is 1.75 bits per heavy atom. The molecule has 180 valence electrons. The molecule has 2 heterocycles. The second kappa shape index (κ2) is 9.05. The molecule has 1 amide bonds. The lowest BCUT2D eigenvalue weighted by molar-refractivity contribution is 0.0938. The van der Waals surface area contributed by atoms with E-state index in [1.54, 1.807) is 0 Å². The van der Waals surface area contributed by atoms with Gasteiger partial charge in [0.25, 0.3) is 5.91 Å². The molecule has 2 aromatic heterocycles. The number of aromatic nitrogens is 5. The molecule has 0 aliphatic heterocycles. The number of nitrogens with one attached hydrogen (secondary N) is 3. The second-order valence-corrected chi connectivity index (χ2v) is 9.60. The summed E-state index contributed by atoms with van der Waals surface area (Å²) >= 11 is 0. The molecule has 1 aliphatic rings. The van der Waals surface area contributed by atoms with Crippen LogP contribution in [-0.4, -0.2) is 56.3 Å². The van der Waals surface area contributed by atoms with Crippen LogP contribution in [0.4, 0.5) is 0 Å². The number of carbonyl (C=O) groups excluding carboxylic acids is 1. The fourth-order valence-electron chi connectivity index (χ4n) is 4.91. The third-order valence-electron chi connectivity index (χ3n) is 6.60. The number of H-pyrrole nitrogens is 2. The molecule has 0 unspecified atom stereocenters. The van der Waals surface area contributed by atoms with Crippen molar-refractivity contribution < 1.29 is 4.79 Å². The molecule has 8 heteroatoms. The highest BCUT2D eigenvalue weighted by Crippen LogP contribution is 2.30. The fraction of sp³-hybridized carbons (Fsp3) is 0.214. The quantitative estimate of drug-likeness (QED) is 0.343. The molecule has 0 fully saturated rings. The second-order valence-electron chi connectivity index (χ2n) is 9.60. The largest absolute Gasteiger partial charge is 0.349 e. The van der Waals surface area contributed by atoms with E-state index in [1.807, 2.05) is 61.5 Å². The highest BCUT2D eigenvalue weighted by Gasteiger charge is 2.23. The number of hydrogen-bond acceptors (Lipinski definition) is 5. The minimum absolute atomic E-state index is 0.0654. The Kier molecular flexibility index (Phi) is 5.58. The highest BCUT2D eigenvalue weighted by atomic mass is 16.1. The summed E-state index contributed by atoms with van der Waals surface area (Å²) in [7, 11) is 3.99. The lowest BCUT2D eigenvalue weighted by Crippen LogP contribution is -2.35. The lowest BCUT2D eigenvalue weighted by Gasteiger charge is -2.12. The molecule has 0 radical (unpaired) electrons. The number of benzene rings is 3. The van der Waals surface area contributed by atoms with Gasteiger partial charge in [0.2, 0.25) is 0 Å². The van der Waals surface area contributed by atoms with Crippen LogP contribution in [0.1, 0.15) is 27.3 Å². The van der Waals surface area contributed by atoms with E-state index < -0.39 is 0 Å². The van der Waals surface area contributed by atoms with Gasteiger partial charge in [0, 0.05) is 28.1 Å². The maximum atomic E-state index is 13.1. The number of aromatic amines is 2. The summed E-state index contributed by atoms with van der Waals surface area (Å²) in [6.07, 6.45) is 1.73. The third kappa shape index (κ3) is 4.27. The van der Waals surface area contributed by atoms with Crippen molar-refractivity contribution in [2.24, 2.45) is 0 Å². The maximum absolute atomic E-state index is 13.1. The van der Waals surface area contributed by atoms with Crippen LogP contribution in [-0.2, 0) is 19.4 Å². The van der Waals surface area contributed by atoms with Gasteiger partial charge in [-0.2, -0.15) is 10.2 Å². The van der Waals surface area contributed by atoms with Gasteiger partial charge in [0.15, 0.2) is 5.82 Å². The number of fused-ring (bicyclic) bond motifs is 2. The van der Waals surface area contributed by atoms with E-state index in [4.69, 9.17) is 0 Å². The molecule has 1 aliphatic carbocycles. The Balaban J connectivity index is 1.25. The maximum Gasteiger partial charge on any atom is 0.251 e. The van der Waals surface area contributed by atoms with Gasteiger partial charge in [-0.3, -0.25) is 15.0 Å². The lowest BCUT2D eigenvalue weighted by atomic mass is 10.0. The van der Waals surface area contributed by atoms with Crippen molar-refractivity contribution in [3.05, 3.63) is 89.2 Å². The zero-order valence-electron chi connectivity index (χ0n) is 20.2. The first-order valence-electron chi connectivity index (χ1n) is 12.1. The molecule has 3 N–H and O–H groups in total. The Morgan fingerprint density at radius 3 is 2.53 bits per heavy atom. The van der Waals surface area contributed by atoms with E-state index in [2.05, 4.69) is 55.0 Å². The van der Waals surface area contributed by atoms with Crippen molar-refractivity contribution in [1.82, 2.24) is 35.6 Å². The third-order valence-corrected chi connectivity index (χ3v) is 6.60. The minimum Gasteiger partial charge on any atom is -0.349 e. The number of amides is 1. The average molecular weight is 478 g/mol. The van der Waals surface area contributed by atoms with E-state index in [-0.39, 0.29) is 11.9 Å². The summed E-state index contributed by atoms with van der Waals surface area (Å²) in [5, 5.41) is 19.2. The topological polar surface area (TPSA) is 103 Å². The number of carbonyl (C=O) groups is 1. The summed E-state index contributed by atoms with van der Waals surface area (Å²) in [6.45, 7) is 0.688. The molecule has 0 atom stereocenters. The van der Waals surface area contributed by atoms with Gasteiger partial charge >= 0.3 is 0 Å². The molecule has 0 saturated heterocycles. The smallest absolute Gasteiger partial charge is 0.251 e.